The predicted molar refractivity (Wildman–Crippen MR) is 81.8 cm³/mol. The van der Waals surface area contributed by atoms with Gasteiger partial charge in [0.2, 0.25) is 5.91 Å². The molecule has 0 radical (unpaired) electrons. The molecule has 0 spiro atoms. The van der Waals surface area contributed by atoms with Crippen molar-refractivity contribution >= 4 is 5.91 Å². The number of hydroxylamine groups is 1. The highest BCUT2D eigenvalue weighted by Gasteiger charge is 1.96. The molecule has 0 atom stereocenters. The van der Waals surface area contributed by atoms with Crippen LogP contribution in [0.5, 0.6) is 0 Å². The Morgan fingerprint density at radius 2 is 1.11 bits per heavy atom. The van der Waals surface area contributed by atoms with Gasteiger partial charge in [0, 0.05) is 6.42 Å². The van der Waals surface area contributed by atoms with Crippen LogP contribution in [0.15, 0.2) is 0 Å². The largest absolute Gasteiger partial charge is 0.759 e. The standard InChI is InChI=1S/C16H32NO2/c1-2-3-4-5-6-7-8-9-10-11-12-13-14-15-16(18)17-19/h2-15H2,1H3,(H-,17,18,19)/q-1. The molecule has 0 heterocycles. The molecule has 0 rings (SSSR count). The van der Waals surface area contributed by atoms with E-state index in [9.17, 15) is 10.0 Å². The van der Waals surface area contributed by atoms with Gasteiger partial charge in [0.25, 0.3) is 0 Å². The number of hydrogen-bond donors (Lipinski definition) is 1. The van der Waals surface area contributed by atoms with Crippen molar-refractivity contribution in [3.05, 3.63) is 5.21 Å². The summed E-state index contributed by atoms with van der Waals surface area (Å²) in [4.78, 5) is 10.7. The van der Waals surface area contributed by atoms with Gasteiger partial charge < -0.3 is 10.7 Å². The smallest absolute Gasteiger partial charge is 0.209 e. The predicted octanol–water partition coefficient (Wildman–Crippen LogP) is 5.08. The van der Waals surface area contributed by atoms with Gasteiger partial charge in [-0.2, -0.15) is 0 Å². The van der Waals surface area contributed by atoms with E-state index in [1.165, 1.54) is 76.1 Å². The Morgan fingerprint density at radius 3 is 1.47 bits per heavy atom. The molecule has 0 aromatic carbocycles. The first-order chi connectivity index (χ1) is 9.31. The van der Waals surface area contributed by atoms with E-state index in [0.717, 1.165) is 12.8 Å². The van der Waals surface area contributed by atoms with Gasteiger partial charge in [0.05, 0.1) is 0 Å². The lowest BCUT2D eigenvalue weighted by atomic mass is 10.0. The van der Waals surface area contributed by atoms with Crippen LogP contribution in [0.2, 0.25) is 0 Å². The molecule has 1 N–H and O–H groups in total. The minimum Gasteiger partial charge on any atom is -0.759 e. The molecule has 0 saturated carbocycles. The molecule has 0 aromatic heterocycles. The summed E-state index contributed by atoms with van der Waals surface area (Å²) in [5.41, 5.74) is 1.42. The summed E-state index contributed by atoms with van der Waals surface area (Å²) < 4.78 is 0. The molecule has 0 aromatic rings. The first-order valence-electron chi connectivity index (χ1n) is 8.22. The Kier molecular flexibility index (Phi) is 15.0. The normalized spacial score (nSPS) is 10.6. The van der Waals surface area contributed by atoms with Crippen molar-refractivity contribution < 1.29 is 4.79 Å². The fourth-order valence-corrected chi connectivity index (χ4v) is 2.35. The molecule has 3 heteroatoms. The van der Waals surface area contributed by atoms with Crippen molar-refractivity contribution in [2.45, 2.75) is 96.8 Å². The summed E-state index contributed by atoms with van der Waals surface area (Å²) >= 11 is 0. The lowest BCUT2D eigenvalue weighted by Crippen LogP contribution is -2.14. The second kappa shape index (κ2) is 15.5. The molecule has 0 saturated heterocycles. The number of nitrogens with one attached hydrogen (secondary N) is 1. The molecule has 0 unspecified atom stereocenters. The summed E-state index contributed by atoms with van der Waals surface area (Å²) in [6, 6.07) is 0. The van der Waals surface area contributed by atoms with E-state index in [2.05, 4.69) is 6.92 Å². The van der Waals surface area contributed by atoms with Crippen LogP contribution in [0, 0.1) is 5.21 Å². The van der Waals surface area contributed by atoms with E-state index in [4.69, 9.17) is 0 Å². The summed E-state index contributed by atoms with van der Waals surface area (Å²) in [6.45, 7) is 2.26. The number of unbranched alkanes of at least 4 members (excludes halogenated alkanes) is 12. The monoisotopic (exact) mass is 270 g/mol. The Hall–Kier alpha value is -0.570. The second-order valence-electron chi connectivity index (χ2n) is 5.52. The lowest BCUT2D eigenvalue weighted by molar-refractivity contribution is -0.120. The highest BCUT2D eigenvalue weighted by Crippen LogP contribution is 2.12. The summed E-state index contributed by atoms with van der Waals surface area (Å²) in [6.07, 6.45) is 17.2. The lowest BCUT2D eigenvalue weighted by Gasteiger charge is -2.06. The highest BCUT2D eigenvalue weighted by molar-refractivity contribution is 5.76. The van der Waals surface area contributed by atoms with Crippen LogP contribution in [-0.4, -0.2) is 5.91 Å². The van der Waals surface area contributed by atoms with Crippen LogP contribution >= 0.6 is 0 Å². The number of hydrogen-bond acceptors (Lipinski definition) is 2. The van der Waals surface area contributed by atoms with Crippen molar-refractivity contribution in [1.82, 2.24) is 5.48 Å². The van der Waals surface area contributed by atoms with Gasteiger partial charge in [-0.15, -0.1) is 0 Å². The molecule has 3 nitrogen and oxygen atoms in total. The van der Waals surface area contributed by atoms with Gasteiger partial charge >= 0.3 is 0 Å². The molecular formula is C16H32NO2-. The van der Waals surface area contributed by atoms with Crippen molar-refractivity contribution in [3.63, 3.8) is 0 Å². The van der Waals surface area contributed by atoms with Gasteiger partial charge in [-0.1, -0.05) is 84.0 Å². The van der Waals surface area contributed by atoms with Crippen molar-refractivity contribution in [2.24, 2.45) is 0 Å². The molecule has 114 valence electrons. The minimum absolute atomic E-state index is 0.372. The Balaban J connectivity index is 2.97. The molecule has 1 amide bonds. The third-order valence-corrected chi connectivity index (χ3v) is 3.62. The molecule has 0 aliphatic rings. The maximum absolute atomic E-state index is 10.7. The van der Waals surface area contributed by atoms with E-state index >= 15 is 0 Å². The molecule has 0 aliphatic carbocycles. The van der Waals surface area contributed by atoms with Crippen LogP contribution in [0.1, 0.15) is 96.8 Å². The molecular weight excluding hydrogens is 238 g/mol. The Morgan fingerprint density at radius 1 is 0.737 bits per heavy atom. The van der Waals surface area contributed by atoms with Gasteiger partial charge in [-0.25, -0.2) is 0 Å². The van der Waals surface area contributed by atoms with Crippen molar-refractivity contribution in [2.75, 3.05) is 0 Å². The number of amides is 1. The number of carbonyl (C=O) groups excluding carboxylic acids is 1. The first-order valence-corrected chi connectivity index (χ1v) is 8.22. The number of carbonyl (C=O) groups is 1. The van der Waals surface area contributed by atoms with E-state index in [1.54, 1.807) is 0 Å². The van der Waals surface area contributed by atoms with Crippen LogP contribution in [-0.2, 0) is 4.79 Å². The summed E-state index contributed by atoms with van der Waals surface area (Å²) in [5.74, 6) is -0.372. The van der Waals surface area contributed by atoms with E-state index in [-0.39, 0.29) is 5.91 Å². The zero-order valence-corrected chi connectivity index (χ0v) is 12.7. The quantitative estimate of drug-likeness (QED) is 0.353. The third kappa shape index (κ3) is 15.4. The summed E-state index contributed by atoms with van der Waals surface area (Å²) in [5, 5.41) is 9.98. The Labute approximate surface area is 119 Å². The topological polar surface area (TPSA) is 52.2 Å². The molecule has 0 fully saturated rings. The van der Waals surface area contributed by atoms with E-state index < -0.39 is 0 Å². The van der Waals surface area contributed by atoms with Crippen LogP contribution in [0.25, 0.3) is 0 Å². The van der Waals surface area contributed by atoms with Crippen molar-refractivity contribution in [1.29, 1.82) is 0 Å². The van der Waals surface area contributed by atoms with E-state index in [0.29, 0.717) is 6.42 Å². The average molecular weight is 270 g/mol. The molecule has 0 aliphatic heterocycles. The Bertz CT molecular complexity index is 195. The average Bonchev–Trinajstić information content (AvgIpc) is 2.43. The maximum atomic E-state index is 10.7. The second-order valence-corrected chi connectivity index (χ2v) is 5.52. The SMILES string of the molecule is CCCCCCCCCCCCCCCC(=O)N[O-]. The first kappa shape index (κ1) is 18.4. The number of rotatable bonds is 14. The highest BCUT2D eigenvalue weighted by atomic mass is 16.5. The van der Waals surface area contributed by atoms with Crippen LogP contribution in [0.3, 0.4) is 0 Å². The zero-order chi connectivity index (χ0) is 14.2. The van der Waals surface area contributed by atoms with Crippen molar-refractivity contribution in [3.8, 4) is 0 Å². The maximum Gasteiger partial charge on any atom is 0.209 e. The zero-order valence-electron chi connectivity index (χ0n) is 12.7. The fraction of sp³-hybridized carbons (Fsp3) is 0.938. The fourth-order valence-electron chi connectivity index (χ4n) is 2.35. The van der Waals surface area contributed by atoms with Gasteiger partial charge in [-0.3, -0.25) is 4.79 Å². The summed E-state index contributed by atoms with van der Waals surface area (Å²) in [7, 11) is 0. The van der Waals surface area contributed by atoms with Crippen LogP contribution < -0.4 is 5.48 Å². The molecule has 19 heavy (non-hydrogen) atoms. The van der Waals surface area contributed by atoms with Crippen LogP contribution in [0.4, 0.5) is 0 Å². The van der Waals surface area contributed by atoms with Gasteiger partial charge in [-0.05, 0) is 6.42 Å². The molecule has 0 bridgehead atoms. The van der Waals surface area contributed by atoms with Gasteiger partial charge in [0.1, 0.15) is 0 Å². The van der Waals surface area contributed by atoms with E-state index in [1.807, 2.05) is 0 Å². The minimum atomic E-state index is -0.372. The third-order valence-electron chi connectivity index (χ3n) is 3.62. The van der Waals surface area contributed by atoms with Gasteiger partial charge in [0.15, 0.2) is 0 Å².